The summed E-state index contributed by atoms with van der Waals surface area (Å²) in [4.78, 5) is 77.1. The highest BCUT2D eigenvalue weighted by molar-refractivity contribution is 6.30. The molecule has 0 fully saturated rings. The molecule has 0 atom stereocenters. The molecule has 0 bridgehead atoms. The molecule has 0 saturated heterocycles. The Morgan fingerprint density at radius 2 is 1.50 bits per heavy atom. The number of nitro groups is 1. The molecule has 4 aromatic rings. The van der Waals surface area contributed by atoms with Crippen molar-refractivity contribution in [1.29, 1.82) is 0 Å². The number of esters is 1. The lowest BCUT2D eigenvalue weighted by molar-refractivity contribution is -0.385. The van der Waals surface area contributed by atoms with Crippen molar-refractivity contribution in [3.8, 4) is 11.5 Å². The van der Waals surface area contributed by atoms with Gasteiger partial charge in [-0.2, -0.15) is 5.01 Å². The number of carbonyl (C=O) groups is 5. The van der Waals surface area contributed by atoms with Crippen LogP contribution in [0.3, 0.4) is 0 Å². The van der Waals surface area contributed by atoms with E-state index in [0.29, 0.717) is 20.8 Å². The van der Waals surface area contributed by atoms with Crippen molar-refractivity contribution in [3.05, 3.63) is 134 Å². The van der Waals surface area contributed by atoms with E-state index in [0.717, 1.165) is 6.07 Å². The van der Waals surface area contributed by atoms with E-state index in [1.165, 1.54) is 73.8 Å². The van der Waals surface area contributed by atoms with Crippen LogP contribution in [0.4, 0.5) is 5.69 Å². The van der Waals surface area contributed by atoms with Crippen molar-refractivity contribution >= 4 is 46.8 Å². The summed E-state index contributed by atoms with van der Waals surface area (Å²) in [5.74, 6) is -3.82. The maximum absolute atomic E-state index is 13.6. The average molecular weight is 614 g/mol. The van der Waals surface area contributed by atoms with Crippen LogP contribution in [-0.2, 0) is 0 Å². The number of hydrazine groups is 1. The summed E-state index contributed by atoms with van der Waals surface area (Å²) in [7, 11) is 1.46. The number of hydrogen-bond acceptors (Lipinski definition) is 9. The quantitative estimate of drug-likeness (QED) is 0.0632. The van der Waals surface area contributed by atoms with Crippen LogP contribution in [0.2, 0.25) is 5.02 Å². The number of methoxy groups -OCH3 is 1. The van der Waals surface area contributed by atoms with Crippen molar-refractivity contribution < 1.29 is 38.4 Å². The Balaban J connectivity index is 1.41. The highest BCUT2D eigenvalue weighted by Crippen LogP contribution is 2.32. The number of carbonyl (C=O) groups excluding carboxylic acids is 5. The Morgan fingerprint density at radius 3 is 2.16 bits per heavy atom. The van der Waals surface area contributed by atoms with Gasteiger partial charge in [-0.1, -0.05) is 23.7 Å². The number of halogens is 1. The van der Waals surface area contributed by atoms with Gasteiger partial charge in [0.05, 0.1) is 23.2 Å². The van der Waals surface area contributed by atoms with Crippen molar-refractivity contribution in [2.45, 2.75) is 0 Å². The van der Waals surface area contributed by atoms with E-state index >= 15 is 0 Å². The normalized spacial score (nSPS) is 12.0. The summed E-state index contributed by atoms with van der Waals surface area (Å²) in [5, 5.41) is 13.0. The maximum atomic E-state index is 13.6. The molecule has 1 heterocycles. The van der Waals surface area contributed by atoms with Gasteiger partial charge < -0.3 is 9.47 Å². The molecule has 0 spiro atoms. The Bertz CT molecular complexity index is 1840. The zero-order valence-electron chi connectivity index (χ0n) is 22.8. The van der Waals surface area contributed by atoms with E-state index < -0.39 is 52.2 Å². The molecule has 5 rings (SSSR count). The topological polar surface area (TPSA) is 153 Å². The van der Waals surface area contributed by atoms with Gasteiger partial charge in [-0.25, -0.2) is 9.80 Å². The molecule has 0 N–H and O–H groups in total. The molecular formula is C31H20ClN3O9. The number of hydrogen-bond donors (Lipinski definition) is 0. The summed E-state index contributed by atoms with van der Waals surface area (Å²) < 4.78 is 10.5. The Labute approximate surface area is 254 Å². The molecule has 1 aliphatic rings. The van der Waals surface area contributed by atoms with Crippen LogP contribution in [0, 0.1) is 10.1 Å². The monoisotopic (exact) mass is 613 g/mol. The van der Waals surface area contributed by atoms with Crippen LogP contribution in [0.15, 0.2) is 91.0 Å². The number of fused-ring (bicyclic) bond motifs is 1. The Hall–Kier alpha value is -5.88. The van der Waals surface area contributed by atoms with E-state index in [9.17, 15) is 34.1 Å². The molecule has 12 nitrogen and oxygen atoms in total. The standard InChI is InChI=1S/C31H20ClN3O9/c1-43-23-5-2-4-20(16-23)31(40)44-22-14-10-18(11-15-22)26(36)17-33(28(37)19-8-12-21(32)13-9-19)34-29(38)24-6-3-7-25(35(41)42)27(24)30(34)39/h2-16H,17H2,1H3. The molecule has 13 heteroatoms. The van der Waals surface area contributed by atoms with Crippen LogP contribution >= 0.6 is 11.6 Å². The van der Waals surface area contributed by atoms with E-state index in [4.69, 9.17) is 21.1 Å². The summed E-state index contributed by atoms with van der Waals surface area (Å²) in [6.45, 7) is -0.788. The van der Waals surface area contributed by atoms with Crippen molar-refractivity contribution in [3.63, 3.8) is 0 Å². The van der Waals surface area contributed by atoms with Crippen LogP contribution in [-0.4, -0.2) is 58.1 Å². The minimum atomic E-state index is -1.13. The molecule has 3 amide bonds. The van der Waals surface area contributed by atoms with Crippen LogP contribution in [0.5, 0.6) is 11.5 Å². The van der Waals surface area contributed by atoms with Gasteiger partial charge in [0.25, 0.3) is 23.4 Å². The molecule has 0 radical (unpaired) electrons. The van der Waals surface area contributed by atoms with Crippen molar-refractivity contribution in [1.82, 2.24) is 10.0 Å². The Morgan fingerprint density at radius 1 is 0.841 bits per heavy atom. The third kappa shape index (κ3) is 5.74. The third-order valence-electron chi connectivity index (χ3n) is 6.62. The summed E-state index contributed by atoms with van der Waals surface area (Å²) in [6.07, 6.45) is 0. The number of imide groups is 1. The SMILES string of the molecule is COc1cccc(C(=O)Oc2ccc(C(=O)CN(C(=O)c3ccc(Cl)cc3)N3C(=O)c4cccc([N+](=O)[O-])c4C3=O)cc2)c1. The van der Waals surface area contributed by atoms with E-state index in [2.05, 4.69) is 0 Å². The zero-order valence-corrected chi connectivity index (χ0v) is 23.5. The van der Waals surface area contributed by atoms with Gasteiger partial charge in [0.15, 0.2) is 5.78 Å². The molecule has 220 valence electrons. The van der Waals surface area contributed by atoms with Gasteiger partial charge in [-0.05, 0) is 72.8 Å². The first-order valence-electron chi connectivity index (χ1n) is 12.8. The van der Waals surface area contributed by atoms with Gasteiger partial charge in [0.1, 0.15) is 23.6 Å². The predicted molar refractivity (Wildman–Crippen MR) is 155 cm³/mol. The second kappa shape index (κ2) is 12.2. The smallest absolute Gasteiger partial charge is 0.343 e. The first kappa shape index (κ1) is 29.6. The molecule has 0 unspecified atom stereocenters. The third-order valence-corrected chi connectivity index (χ3v) is 6.87. The number of ketones is 1. The fourth-order valence-corrected chi connectivity index (χ4v) is 4.58. The number of Topliss-reactive ketones (excluding diaryl/α,β-unsaturated/α-hetero) is 1. The van der Waals surface area contributed by atoms with Crippen LogP contribution in [0.25, 0.3) is 0 Å². The maximum Gasteiger partial charge on any atom is 0.343 e. The molecular weight excluding hydrogens is 594 g/mol. The molecule has 44 heavy (non-hydrogen) atoms. The zero-order chi connectivity index (χ0) is 31.5. The van der Waals surface area contributed by atoms with E-state index in [1.54, 1.807) is 18.2 Å². The number of amides is 3. The summed E-state index contributed by atoms with van der Waals surface area (Å²) in [6, 6.07) is 20.8. The van der Waals surface area contributed by atoms with Crippen LogP contribution < -0.4 is 9.47 Å². The predicted octanol–water partition coefficient (Wildman–Crippen LogP) is 5.01. The molecule has 4 aromatic carbocycles. The number of nitro benzene ring substituents is 1. The minimum Gasteiger partial charge on any atom is -0.497 e. The van der Waals surface area contributed by atoms with E-state index in [1.807, 2.05) is 0 Å². The number of nitrogens with zero attached hydrogens (tertiary/aromatic N) is 3. The lowest BCUT2D eigenvalue weighted by Gasteiger charge is -2.29. The van der Waals surface area contributed by atoms with Crippen molar-refractivity contribution in [2.24, 2.45) is 0 Å². The minimum absolute atomic E-state index is 0.00643. The van der Waals surface area contributed by atoms with Gasteiger partial charge in [0.2, 0.25) is 0 Å². The number of benzene rings is 4. The largest absolute Gasteiger partial charge is 0.497 e. The van der Waals surface area contributed by atoms with Crippen LogP contribution in [0.1, 0.15) is 51.8 Å². The van der Waals surface area contributed by atoms with Gasteiger partial charge >= 0.3 is 5.97 Å². The van der Waals surface area contributed by atoms with Gasteiger partial charge in [-0.3, -0.25) is 29.3 Å². The summed E-state index contributed by atoms with van der Waals surface area (Å²) >= 11 is 5.94. The molecule has 0 saturated carbocycles. The molecule has 0 aromatic heterocycles. The second-order valence-corrected chi connectivity index (χ2v) is 9.75. The fourth-order valence-electron chi connectivity index (χ4n) is 4.45. The lowest BCUT2D eigenvalue weighted by atomic mass is 10.1. The van der Waals surface area contributed by atoms with Crippen molar-refractivity contribution in [2.75, 3.05) is 13.7 Å². The van der Waals surface area contributed by atoms with Gasteiger partial charge in [-0.15, -0.1) is 0 Å². The fraction of sp³-hybridized carbons (Fsp3) is 0.0645. The molecule has 1 aliphatic heterocycles. The second-order valence-electron chi connectivity index (χ2n) is 9.32. The highest BCUT2D eigenvalue weighted by Gasteiger charge is 2.46. The first-order valence-corrected chi connectivity index (χ1v) is 13.2. The van der Waals surface area contributed by atoms with E-state index in [-0.39, 0.29) is 28.0 Å². The Kier molecular flexibility index (Phi) is 8.18. The number of rotatable bonds is 9. The lowest BCUT2D eigenvalue weighted by Crippen LogP contribution is -2.51. The molecule has 0 aliphatic carbocycles. The average Bonchev–Trinajstić information content (AvgIpc) is 3.29. The summed E-state index contributed by atoms with van der Waals surface area (Å²) in [5.41, 5.74) is -1.11. The number of ether oxygens (including phenoxy) is 2. The first-order chi connectivity index (χ1) is 21.1. The van der Waals surface area contributed by atoms with Gasteiger partial charge in [0, 0.05) is 22.2 Å². The highest BCUT2D eigenvalue weighted by atomic mass is 35.5.